The van der Waals surface area contributed by atoms with E-state index in [4.69, 9.17) is 11.6 Å². The smallest absolute Gasteiger partial charge is 0.133 e. The number of hydrogen-bond acceptors (Lipinski definition) is 3. The Balaban J connectivity index is 2.87. The molecule has 0 saturated heterocycles. The second-order valence-electron chi connectivity index (χ2n) is 4.31. The van der Waals surface area contributed by atoms with Crippen LogP contribution in [-0.2, 0) is 0 Å². The van der Waals surface area contributed by atoms with Crippen molar-refractivity contribution >= 4 is 17.4 Å². The van der Waals surface area contributed by atoms with Gasteiger partial charge in [0.2, 0.25) is 0 Å². The minimum atomic E-state index is 0.274. The zero-order valence-corrected chi connectivity index (χ0v) is 11.2. The molecule has 0 fully saturated rings. The highest BCUT2D eigenvalue weighted by Gasteiger charge is 2.09. The van der Waals surface area contributed by atoms with Crippen LogP contribution in [0.3, 0.4) is 0 Å². The zero-order valence-electron chi connectivity index (χ0n) is 10.4. The molecule has 0 bridgehead atoms. The Labute approximate surface area is 103 Å². The van der Waals surface area contributed by atoms with Crippen molar-refractivity contribution < 1.29 is 0 Å². The Bertz CT molecular complexity index is 335. The lowest BCUT2D eigenvalue weighted by Crippen LogP contribution is -2.21. The van der Waals surface area contributed by atoms with Crippen LogP contribution in [0.2, 0.25) is 0 Å². The molecule has 0 saturated carbocycles. The first kappa shape index (κ1) is 13.2. The van der Waals surface area contributed by atoms with E-state index >= 15 is 0 Å². The first-order chi connectivity index (χ1) is 7.56. The minimum absolute atomic E-state index is 0.274. The van der Waals surface area contributed by atoms with Crippen LogP contribution >= 0.6 is 11.6 Å². The molecule has 1 aromatic heterocycles. The van der Waals surface area contributed by atoms with Gasteiger partial charge in [-0.3, -0.25) is 0 Å². The summed E-state index contributed by atoms with van der Waals surface area (Å²) in [4.78, 5) is 8.90. The molecule has 0 radical (unpaired) electrons. The van der Waals surface area contributed by atoms with Crippen molar-refractivity contribution in [1.29, 1.82) is 0 Å². The van der Waals surface area contributed by atoms with Gasteiger partial charge in [-0.15, -0.1) is 11.6 Å². The maximum absolute atomic E-state index is 5.85. The summed E-state index contributed by atoms with van der Waals surface area (Å²) in [5.41, 5.74) is 0.991. The highest BCUT2D eigenvalue weighted by atomic mass is 35.5. The molecular weight excluding hydrogens is 222 g/mol. The molecule has 16 heavy (non-hydrogen) atoms. The largest absolute Gasteiger partial charge is 0.366 e. The second-order valence-corrected chi connectivity index (χ2v) is 4.62. The molecule has 0 aliphatic carbocycles. The van der Waals surface area contributed by atoms with Gasteiger partial charge in [-0.1, -0.05) is 20.8 Å². The number of alkyl halides is 1. The van der Waals surface area contributed by atoms with Crippen molar-refractivity contribution in [2.45, 2.75) is 46.1 Å². The lowest BCUT2D eigenvalue weighted by atomic mass is 10.2. The number of nitrogens with one attached hydrogen (secondary N) is 1. The summed E-state index contributed by atoms with van der Waals surface area (Å²) in [6.07, 6.45) is 0.990. The molecule has 90 valence electrons. The second kappa shape index (κ2) is 6.04. The number of anilines is 1. The Kier molecular flexibility index (Phi) is 5.00. The quantitative estimate of drug-likeness (QED) is 0.804. The number of nitrogens with zero attached hydrogens (tertiary/aromatic N) is 2. The van der Waals surface area contributed by atoms with Crippen LogP contribution in [0.25, 0.3) is 0 Å². The van der Waals surface area contributed by atoms with Gasteiger partial charge in [-0.05, 0) is 13.3 Å². The van der Waals surface area contributed by atoms with Gasteiger partial charge in [0.25, 0.3) is 0 Å². The lowest BCUT2D eigenvalue weighted by molar-refractivity contribution is 0.740. The van der Waals surface area contributed by atoms with Crippen LogP contribution < -0.4 is 5.32 Å². The fourth-order valence-corrected chi connectivity index (χ4v) is 1.68. The molecule has 0 amide bonds. The van der Waals surface area contributed by atoms with Crippen LogP contribution in [0.5, 0.6) is 0 Å². The van der Waals surface area contributed by atoms with Gasteiger partial charge in [-0.2, -0.15) is 0 Å². The van der Waals surface area contributed by atoms with Crippen molar-refractivity contribution in [3.8, 4) is 0 Å². The van der Waals surface area contributed by atoms with Gasteiger partial charge in [0.1, 0.15) is 11.6 Å². The summed E-state index contributed by atoms with van der Waals surface area (Å²) in [7, 11) is 0. The van der Waals surface area contributed by atoms with Crippen LogP contribution in [-0.4, -0.2) is 21.9 Å². The summed E-state index contributed by atoms with van der Waals surface area (Å²) in [6.45, 7) is 8.28. The van der Waals surface area contributed by atoms with E-state index in [0.717, 1.165) is 23.8 Å². The van der Waals surface area contributed by atoms with Gasteiger partial charge in [0.15, 0.2) is 0 Å². The summed E-state index contributed by atoms with van der Waals surface area (Å²) >= 11 is 5.85. The first-order valence-electron chi connectivity index (χ1n) is 5.74. The van der Waals surface area contributed by atoms with E-state index in [2.05, 4.69) is 36.1 Å². The van der Waals surface area contributed by atoms with Gasteiger partial charge >= 0.3 is 0 Å². The zero-order chi connectivity index (χ0) is 12.1. The molecule has 1 atom stereocenters. The van der Waals surface area contributed by atoms with E-state index in [0.29, 0.717) is 11.8 Å². The molecule has 1 aromatic rings. The molecule has 1 unspecified atom stereocenters. The molecule has 4 heteroatoms. The normalized spacial score (nSPS) is 12.9. The fourth-order valence-electron chi connectivity index (χ4n) is 1.38. The average Bonchev–Trinajstić information content (AvgIpc) is 2.25. The van der Waals surface area contributed by atoms with Crippen LogP contribution in [0, 0.1) is 6.92 Å². The van der Waals surface area contributed by atoms with E-state index in [9.17, 15) is 0 Å². The molecule has 3 nitrogen and oxygen atoms in total. The number of aryl methyl sites for hydroxylation is 1. The Morgan fingerprint density at radius 1 is 1.38 bits per heavy atom. The van der Waals surface area contributed by atoms with Crippen molar-refractivity contribution in [1.82, 2.24) is 9.97 Å². The number of halogens is 1. The fraction of sp³-hybridized carbons (Fsp3) is 0.667. The predicted octanol–water partition coefficient (Wildman–Crippen LogP) is 3.34. The SMILES string of the molecule is CCC(CCl)Nc1cc(C)nc(C(C)C)n1. The van der Waals surface area contributed by atoms with Crippen molar-refractivity contribution in [3.05, 3.63) is 17.6 Å². The Morgan fingerprint density at radius 3 is 2.56 bits per heavy atom. The monoisotopic (exact) mass is 241 g/mol. The molecule has 1 N–H and O–H groups in total. The van der Waals surface area contributed by atoms with Crippen molar-refractivity contribution in [3.63, 3.8) is 0 Å². The van der Waals surface area contributed by atoms with E-state index in [-0.39, 0.29) is 6.04 Å². The van der Waals surface area contributed by atoms with Gasteiger partial charge in [0, 0.05) is 29.6 Å². The van der Waals surface area contributed by atoms with Crippen LogP contribution in [0.4, 0.5) is 5.82 Å². The maximum atomic E-state index is 5.85. The number of aromatic nitrogens is 2. The average molecular weight is 242 g/mol. The predicted molar refractivity (Wildman–Crippen MR) is 69.3 cm³/mol. The molecule has 0 spiro atoms. The van der Waals surface area contributed by atoms with Gasteiger partial charge < -0.3 is 5.32 Å². The Morgan fingerprint density at radius 2 is 2.06 bits per heavy atom. The highest BCUT2D eigenvalue weighted by Crippen LogP contribution is 2.15. The highest BCUT2D eigenvalue weighted by molar-refractivity contribution is 6.18. The van der Waals surface area contributed by atoms with Crippen LogP contribution in [0.1, 0.15) is 44.6 Å². The number of hydrogen-bond donors (Lipinski definition) is 1. The first-order valence-corrected chi connectivity index (χ1v) is 6.28. The van der Waals surface area contributed by atoms with Crippen molar-refractivity contribution in [2.75, 3.05) is 11.2 Å². The standard InChI is InChI=1S/C12H20ClN3/c1-5-10(7-13)15-11-6-9(4)14-12(16-11)8(2)3/h6,8,10H,5,7H2,1-4H3,(H,14,15,16). The molecule has 0 aliphatic rings. The third-order valence-corrected chi connectivity index (χ3v) is 2.79. The third kappa shape index (κ3) is 3.63. The van der Waals surface area contributed by atoms with Crippen LogP contribution in [0.15, 0.2) is 6.07 Å². The van der Waals surface area contributed by atoms with Gasteiger partial charge in [0.05, 0.1) is 0 Å². The van der Waals surface area contributed by atoms with Gasteiger partial charge in [-0.25, -0.2) is 9.97 Å². The maximum Gasteiger partial charge on any atom is 0.133 e. The molecule has 1 heterocycles. The van der Waals surface area contributed by atoms with E-state index in [1.54, 1.807) is 0 Å². The van der Waals surface area contributed by atoms with E-state index in [1.165, 1.54) is 0 Å². The summed E-state index contributed by atoms with van der Waals surface area (Å²) in [5, 5.41) is 3.33. The summed E-state index contributed by atoms with van der Waals surface area (Å²) in [5.74, 6) is 2.70. The van der Waals surface area contributed by atoms with E-state index < -0.39 is 0 Å². The molecule has 1 rings (SSSR count). The topological polar surface area (TPSA) is 37.8 Å². The lowest BCUT2D eigenvalue weighted by Gasteiger charge is -2.16. The summed E-state index contributed by atoms with van der Waals surface area (Å²) in [6, 6.07) is 2.23. The summed E-state index contributed by atoms with van der Waals surface area (Å²) < 4.78 is 0. The van der Waals surface area contributed by atoms with Crippen molar-refractivity contribution in [2.24, 2.45) is 0 Å². The minimum Gasteiger partial charge on any atom is -0.366 e. The third-order valence-electron chi connectivity index (χ3n) is 2.42. The molecular formula is C12H20ClN3. The van der Waals surface area contributed by atoms with E-state index in [1.807, 2.05) is 13.0 Å². The molecule has 0 aromatic carbocycles. The number of rotatable bonds is 5. The molecule has 0 aliphatic heterocycles. The Hall–Kier alpha value is -0.830.